The molecule has 0 saturated heterocycles. The third kappa shape index (κ3) is 5.26. The summed E-state index contributed by atoms with van der Waals surface area (Å²) < 4.78 is 0. The van der Waals surface area contributed by atoms with Crippen LogP contribution in [0.4, 0.5) is 0 Å². The molecule has 0 aliphatic carbocycles. The number of likely N-dealkylation sites (N-methyl/N-ethyl adjacent to an activating group) is 1. The zero-order valence-electron chi connectivity index (χ0n) is 8.79. The Kier molecular flexibility index (Phi) is 5.66. The Labute approximate surface area is 89.5 Å². The number of rotatable bonds is 7. The second-order valence-electron chi connectivity index (χ2n) is 3.30. The van der Waals surface area contributed by atoms with Crippen LogP contribution < -0.4 is 5.32 Å². The fourth-order valence-corrected chi connectivity index (χ4v) is 1.70. The Bertz CT molecular complexity index is 223. The van der Waals surface area contributed by atoms with Crippen molar-refractivity contribution in [2.75, 3.05) is 39.5 Å². The van der Waals surface area contributed by atoms with Gasteiger partial charge in [-0.3, -0.25) is 0 Å². The minimum atomic E-state index is 0.999. The number of hydrogen-bond donors (Lipinski definition) is 2. The smallest absolute Gasteiger partial charge is 0.165 e. The number of nitrogens with one attached hydrogen (secondary N) is 2. The number of thioether (sulfide) groups is 1. The SMILES string of the molecule is CN(C)CCNCCSc1ncc[nH]1. The van der Waals surface area contributed by atoms with Crippen molar-refractivity contribution in [3.05, 3.63) is 12.4 Å². The van der Waals surface area contributed by atoms with Gasteiger partial charge in [-0.05, 0) is 14.1 Å². The van der Waals surface area contributed by atoms with Gasteiger partial charge in [-0.1, -0.05) is 11.8 Å². The van der Waals surface area contributed by atoms with Gasteiger partial charge < -0.3 is 15.2 Å². The summed E-state index contributed by atoms with van der Waals surface area (Å²) in [4.78, 5) is 9.37. The lowest BCUT2D eigenvalue weighted by Crippen LogP contribution is -2.27. The van der Waals surface area contributed by atoms with Crippen molar-refractivity contribution in [2.45, 2.75) is 5.16 Å². The maximum absolute atomic E-state index is 4.13. The van der Waals surface area contributed by atoms with E-state index in [4.69, 9.17) is 0 Å². The molecule has 1 aromatic heterocycles. The molecule has 0 unspecified atom stereocenters. The molecule has 0 spiro atoms. The van der Waals surface area contributed by atoms with E-state index >= 15 is 0 Å². The molecule has 80 valence electrons. The van der Waals surface area contributed by atoms with E-state index in [0.717, 1.165) is 30.5 Å². The van der Waals surface area contributed by atoms with E-state index in [1.807, 2.05) is 6.20 Å². The van der Waals surface area contributed by atoms with Crippen molar-refractivity contribution in [1.82, 2.24) is 20.2 Å². The zero-order valence-corrected chi connectivity index (χ0v) is 9.60. The van der Waals surface area contributed by atoms with E-state index in [-0.39, 0.29) is 0 Å². The summed E-state index contributed by atoms with van der Waals surface area (Å²) in [6.45, 7) is 3.16. The molecule has 0 aromatic carbocycles. The highest BCUT2D eigenvalue weighted by Gasteiger charge is 1.94. The first kappa shape index (κ1) is 11.6. The lowest BCUT2D eigenvalue weighted by Gasteiger charge is -2.09. The molecule has 1 rings (SSSR count). The maximum atomic E-state index is 4.13. The van der Waals surface area contributed by atoms with E-state index in [2.05, 4.69) is 34.3 Å². The molecule has 1 aromatic rings. The molecule has 0 fully saturated rings. The molecule has 0 radical (unpaired) electrons. The van der Waals surface area contributed by atoms with Crippen LogP contribution in [-0.2, 0) is 0 Å². The lowest BCUT2D eigenvalue weighted by atomic mass is 10.5. The molecule has 5 heteroatoms. The second-order valence-corrected chi connectivity index (χ2v) is 4.38. The minimum absolute atomic E-state index is 0.999. The summed E-state index contributed by atoms with van der Waals surface area (Å²) in [6, 6.07) is 0. The fraction of sp³-hybridized carbons (Fsp3) is 0.667. The van der Waals surface area contributed by atoms with Crippen molar-refractivity contribution in [3.63, 3.8) is 0 Å². The second kappa shape index (κ2) is 6.86. The van der Waals surface area contributed by atoms with Crippen molar-refractivity contribution in [3.8, 4) is 0 Å². The van der Waals surface area contributed by atoms with Crippen LogP contribution in [0.25, 0.3) is 0 Å². The van der Waals surface area contributed by atoms with Crippen molar-refractivity contribution in [1.29, 1.82) is 0 Å². The van der Waals surface area contributed by atoms with Gasteiger partial charge in [0.05, 0.1) is 0 Å². The van der Waals surface area contributed by atoms with Gasteiger partial charge >= 0.3 is 0 Å². The lowest BCUT2D eigenvalue weighted by molar-refractivity contribution is 0.403. The molecule has 0 aliphatic rings. The molecule has 0 aliphatic heterocycles. The monoisotopic (exact) mass is 214 g/mol. The molecule has 0 amide bonds. The van der Waals surface area contributed by atoms with Gasteiger partial charge in [0.1, 0.15) is 0 Å². The summed E-state index contributed by atoms with van der Waals surface area (Å²) in [5.74, 6) is 1.06. The number of imidazole rings is 1. The fourth-order valence-electron chi connectivity index (χ4n) is 0.977. The molecule has 4 nitrogen and oxygen atoms in total. The topological polar surface area (TPSA) is 44.0 Å². The summed E-state index contributed by atoms with van der Waals surface area (Å²) in [5.41, 5.74) is 0. The van der Waals surface area contributed by atoms with Gasteiger partial charge in [0.15, 0.2) is 5.16 Å². The van der Waals surface area contributed by atoms with E-state index in [0.29, 0.717) is 0 Å². The molecular formula is C9H18N4S. The van der Waals surface area contributed by atoms with Gasteiger partial charge in [0, 0.05) is 37.8 Å². The predicted molar refractivity (Wildman–Crippen MR) is 60.7 cm³/mol. The highest BCUT2D eigenvalue weighted by atomic mass is 32.2. The Balaban J connectivity index is 1.90. The quantitative estimate of drug-likeness (QED) is 0.517. The number of aromatic amines is 1. The zero-order chi connectivity index (χ0) is 10.2. The third-order valence-electron chi connectivity index (χ3n) is 1.73. The van der Waals surface area contributed by atoms with E-state index in [9.17, 15) is 0 Å². The largest absolute Gasteiger partial charge is 0.340 e. The van der Waals surface area contributed by atoms with Crippen LogP contribution in [0.15, 0.2) is 17.6 Å². The van der Waals surface area contributed by atoms with Crippen molar-refractivity contribution >= 4 is 11.8 Å². The molecule has 14 heavy (non-hydrogen) atoms. The Hall–Kier alpha value is -0.520. The average Bonchev–Trinajstić information content (AvgIpc) is 2.63. The van der Waals surface area contributed by atoms with Gasteiger partial charge in [-0.2, -0.15) is 0 Å². The number of hydrogen-bond acceptors (Lipinski definition) is 4. The molecule has 0 saturated carbocycles. The van der Waals surface area contributed by atoms with Crippen LogP contribution in [0, 0.1) is 0 Å². The van der Waals surface area contributed by atoms with Gasteiger partial charge in [-0.25, -0.2) is 4.98 Å². The molecular weight excluding hydrogens is 196 g/mol. The Morgan fingerprint density at radius 2 is 2.36 bits per heavy atom. The Morgan fingerprint density at radius 3 is 3.00 bits per heavy atom. The minimum Gasteiger partial charge on any atom is -0.340 e. The van der Waals surface area contributed by atoms with Crippen LogP contribution in [0.1, 0.15) is 0 Å². The third-order valence-corrected chi connectivity index (χ3v) is 2.63. The van der Waals surface area contributed by atoms with Crippen molar-refractivity contribution in [2.24, 2.45) is 0 Å². The first-order valence-electron chi connectivity index (χ1n) is 4.76. The van der Waals surface area contributed by atoms with Gasteiger partial charge in [-0.15, -0.1) is 0 Å². The highest BCUT2D eigenvalue weighted by molar-refractivity contribution is 7.99. The van der Waals surface area contributed by atoms with Crippen LogP contribution in [0.3, 0.4) is 0 Å². The molecule has 2 N–H and O–H groups in total. The summed E-state index contributed by atoms with van der Waals surface area (Å²) in [5, 5.41) is 4.37. The number of aromatic nitrogens is 2. The number of H-pyrrole nitrogens is 1. The van der Waals surface area contributed by atoms with Crippen LogP contribution in [0.2, 0.25) is 0 Å². The predicted octanol–water partition coefficient (Wildman–Crippen LogP) is 0.653. The highest BCUT2D eigenvalue weighted by Crippen LogP contribution is 2.09. The Morgan fingerprint density at radius 1 is 1.50 bits per heavy atom. The van der Waals surface area contributed by atoms with Gasteiger partial charge in [0.25, 0.3) is 0 Å². The first-order chi connectivity index (χ1) is 6.79. The molecule has 0 atom stereocenters. The van der Waals surface area contributed by atoms with E-state index in [1.165, 1.54) is 0 Å². The first-order valence-corrected chi connectivity index (χ1v) is 5.75. The summed E-state index contributed by atoms with van der Waals surface area (Å²) in [6.07, 6.45) is 3.63. The molecule has 1 heterocycles. The van der Waals surface area contributed by atoms with Gasteiger partial charge in [0.2, 0.25) is 0 Å². The van der Waals surface area contributed by atoms with Crippen LogP contribution in [-0.4, -0.2) is 54.4 Å². The summed E-state index contributed by atoms with van der Waals surface area (Å²) >= 11 is 1.74. The summed E-state index contributed by atoms with van der Waals surface area (Å²) in [7, 11) is 4.17. The maximum Gasteiger partial charge on any atom is 0.165 e. The van der Waals surface area contributed by atoms with Crippen molar-refractivity contribution < 1.29 is 0 Å². The van der Waals surface area contributed by atoms with Crippen LogP contribution in [0.5, 0.6) is 0 Å². The van der Waals surface area contributed by atoms with E-state index < -0.39 is 0 Å². The average molecular weight is 214 g/mol. The van der Waals surface area contributed by atoms with E-state index in [1.54, 1.807) is 18.0 Å². The normalized spacial score (nSPS) is 11.1. The molecule has 0 bridgehead atoms. The number of nitrogens with zero attached hydrogens (tertiary/aromatic N) is 2. The van der Waals surface area contributed by atoms with Crippen LogP contribution >= 0.6 is 11.8 Å². The standard InChI is InChI=1S/C9H18N4S/c1-13(2)7-5-10-6-8-14-9-11-3-4-12-9/h3-4,10H,5-8H2,1-2H3,(H,11,12).